The Bertz CT molecular complexity index is 562. The molecule has 0 N–H and O–H groups in total. The largest absolute Gasteiger partial charge is 0.352 e. The van der Waals surface area contributed by atoms with Crippen molar-refractivity contribution in [2.45, 2.75) is 37.3 Å². The molecule has 114 valence electrons. The third-order valence-corrected chi connectivity index (χ3v) is 4.30. The van der Waals surface area contributed by atoms with E-state index in [2.05, 4.69) is 34.9 Å². The molecule has 1 aromatic carbocycles. The van der Waals surface area contributed by atoms with E-state index in [9.17, 15) is 0 Å². The number of benzene rings is 1. The molecular weight excluding hydrogens is 284 g/mol. The molecule has 2 rings (SSSR count). The summed E-state index contributed by atoms with van der Waals surface area (Å²) in [5.41, 5.74) is 3.36. The van der Waals surface area contributed by atoms with E-state index in [1.54, 1.807) is 14.2 Å². The highest BCUT2D eigenvalue weighted by Crippen LogP contribution is 2.26. The molecule has 0 aliphatic carbocycles. The molecule has 0 saturated carbocycles. The van der Waals surface area contributed by atoms with Gasteiger partial charge in [0.1, 0.15) is 0 Å². The number of methoxy groups -OCH3 is 2. The third-order valence-electron chi connectivity index (χ3n) is 3.25. The molecule has 0 fully saturated rings. The van der Waals surface area contributed by atoms with Crippen LogP contribution in [0.4, 0.5) is 0 Å². The average molecular weight is 306 g/mol. The Labute approximate surface area is 130 Å². The molecule has 2 aromatic rings. The van der Waals surface area contributed by atoms with E-state index in [1.165, 1.54) is 10.6 Å². The van der Waals surface area contributed by atoms with Crippen LogP contribution in [0.15, 0.2) is 35.2 Å². The van der Waals surface area contributed by atoms with Crippen LogP contribution >= 0.6 is 11.8 Å². The van der Waals surface area contributed by atoms with Crippen molar-refractivity contribution in [3.8, 4) is 0 Å². The van der Waals surface area contributed by atoms with E-state index in [0.717, 1.165) is 23.6 Å². The molecule has 1 aromatic heterocycles. The fourth-order valence-electron chi connectivity index (χ4n) is 2.24. The summed E-state index contributed by atoms with van der Waals surface area (Å²) >= 11 is 1.81. The van der Waals surface area contributed by atoms with Gasteiger partial charge in [0.2, 0.25) is 0 Å². The van der Waals surface area contributed by atoms with Gasteiger partial charge >= 0.3 is 0 Å². The summed E-state index contributed by atoms with van der Waals surface area (Å²) in [5, 5.41) is 4.47. The Balaban J connectivity index is 2.00. The minimum atomic E-state index is -0.298. The van der Waals surface area contributed by atoms with Crippen molar-refractivity contribution in [1.82, 2.24) is 9.78 Å². The second kappa shape index (κ2) is 7.64. The van der Waals surface area contributed by atoms with Crippen LogP contribution in [0.2, 0.25) is 0 Å². The molecule has 0 aliphatic heterocycles. The molecule has 0 radical (unpaired) electrons. The fraction of sp³-hybridized carbons (Fsp3) is 0.438. The maximum absolute atomic E-state index is 5.25. The predicted molar refractivity (Wildman–Crippen MR) is 85.4 cm³/mol. The second-order valence-electron chi connectivity index (χ2n) is 4.75. The van der Waals surface area contributed by atoms with Gasteiger partial charge in [0, 0.05) is 42.7 Å². The average Bonchev–Trinajstić information content (AvgIpc) is 2.88. The van der Waals surface area contributed by atoms with Crippen LogP contribution in [0.1, 0.15) is 30.2 Å². The highest BCUT2D eigenvalue weighted by molar-refractivity contribution is 7.98. The topological polar surface area (TPSA) is 36.3 Å². The number of nitrogens with zero attached hydrogens (tertiary/aromatic N) is 2. The molecule has 0 amide bonds. The molecule has 0 bridgehead atoms. The number of rotatable bonds is 7. The van der Waals surface area contributed by atoms with Crippen molar-refractivity contribution in [1.29, 1.82) is 0 Å². The Hall–Kier alpha value is -1.30. The Morgan fingerprint density at radius 3 is 2.43 bits per heavy atom. The first-order valence-corrected chi connectivity index (χ1v) is 7.98. The highest BCUT2D eigenvalue weighted by atomic mass is 32.2. The van der Waals surface area contributed by atoms with E-state index in [4.69, 9.17) is 9.47 Å². The predicted octanol–water partition coefficient (Wildman–Crippen LogP) is 3.80. The number of hydrogen-bond donors (Lipinski definition) is 0. The SMILES string of the molecule is CCn1nc(C)cc1CSc1ccc(C(OC)OC)cc1. The number of thioether (sulfide) groups is 1. The molecule has 0 saturated heterocycles. The van der Waals surface area contributed by atoms with Crippen LogP contribution in [0.3, 0.4) is 0 Å². The van der Waals surface area contributed by atoms with Gasteiger partial charge < -0.3 is 9.47 Å². The number of aromatic nitrogens is 2. The number of ether oxygens (including phenoxy) is 2. The minimum Gasteiger partial charge on any atom is -0.352 e. The van der Waals surface area contributed by atoms with E-state index < -0.39 is 0 Å². The van der Waals surface area contributed by atoms with E-state index in [1.807, 2.05) is 30.8 Å². The maximum atomic E-state index is 5.25. The molecule has 1 heterocycles. The molecule has 0 atom stereocenters. The Morgan fingerprint density at radius 2 is 1.86 bits per heavy atom. The zero-order chi connectivity index (χ0) is 15.2. The highest BCUT2D eigenvalue weighted by Gasteiger charge is 2.09. The summed E-state index contributed by atoms with van der Waals surface area (Å²) < 4.78 is 12.6. The molecule has 0 aliphatic rings. The van der Waals surface area contributed by atoms with Gasteiger partial charge in [-0.15, -0.1) is 11.8 Å². The van der Waals surface area contributed by atoms with Gasteiger partial charge in [-0.2, -0.15) is 5.10 Å². The van der Waals surface area contributed by atoms with Gasteiger partial charge in [0.05, 0.1) is 5.69 Å². The molecule has 5 heteroatoms. The maximum Gasteiger partial charge on any atom is 0.183 e. The van der Waals surface area contributed by atoms with Crippen molar-refractivity contribution >= 4 is 11.8 Å². The summed E-state index contributed by atoms with van der Waals surface area (Å²) in [6.45, 7) is 5.06. The summed E-state index contributed by atoms with van der Waals surface area (Å²) in [5.74, 6) is 0.923. The normalized spacial score (nSPS) is 11.3. The first-order valence-electron chi connectivity index (χ1n) is 6.99. The third kappa shape index (κ3) is 4.09. The van der Waals surface area contributed by atoms with Crippen molar-refractivity contribution in [2.75, 3.05) is 14.2 Å². The zero-order valence-electron chi connectivity index (χ0n) is 13.0. The Kier molecular flexibility index (Phi) is 5.85. The molecule has 4 nitrogen and oxygen atoms in total. The van der Waals surface area contributed by atoms with Crippen molar-refractivity contribution in [3.05, 3.63) is 47.3 Å². The standard InChI is InChI=1S/C16H22N2O2S/c1-5-18-14(10-12(2)17-18)11-21-15-8-6-13(7-9-15)16(19-3)20-4/h6-10,16H,5,11H2,1-4H3. The minimum absolute atomic E-state index is 0.298. The first kappa shape index (κ1) is 16.1. The van der Waals surface area contributed by atoms with E-state index in [0.29, 0.717) is 0 Å². The van der Waals surface area contributed by atoms with Crippen LogP contribution in [0.5, 0.6) is 0 Å². The summed E-state index contributed by atoms with van der Waals surface area (Å²) in [6.07, 6.45) is -0.298. The molecular formula is C16H22N2O2S. The van der Waals surface area contributed by atoms with Crippen molar-refractivity contribution < 1.29 is 9.47 Å². The lowest BCUT2D eigenvalue weighted by Crippen LogP contribution is -2.03. The quantitative estimate of drug-likeness (QED) is 0.576. The van der Waals surface area contributed by atoms with Crippen molar-refractivity contribution in [3.63, 3.8) is 0 Å². The summed E-state index contributed by atoms with van der Waals surface area (Å²) in [7, 11) is 3.29. The van der Waals surface area contributed by atoms with Gasteiger partial charge in [-0.05, 0) is 32.0 Å². The van der Waals surface area contributed by atoms with Gasteiger partial charge in [-0.25, -0.2) is 0 Å². The van der Waals surface area contributed by atoms with Gasteiger partial charge in [-0.1, -0.05) is 12.1 Å². The summed E-state index contributed by atoms with van der Waals surface area (Å²) in [6, 6.07) is 10.4. The zero-order valence-corrected chi connectivity index (χ0v) is 13.8. The lowest BCUT2D eigenvalue weighted by molar-refractivity contribution is -0.106. The lowest BCUT2D eigenvalue weighted by atomic mass is 10.2. The Morgan fingerprint density at radius 1 is 1.19 bits per heavy atom. The van der Waals surface area contributed by atoms with Crippen LogP contribution in [0.25, 0.3) is 0 Å². The van der Waals surface area contributed by atoms with Gasteiger partial charge in [0.25, 0.3) is 0 Å². The molecule has 21 heavy (non-hydrogen) atoms. The van der Waals surface area contributed by atoms with Crippen LogP contribution in [-0.4, -0.2) is 24.0 Å². The van der Waals surface area contributed by atoms with Gasteiger partial charge in [-0.3, -0.25) is 4.68 Å². The summed E-state index contributed by atoms with van der Waals surface area (Å²) in [4.78, 5) is 1.23. The number of aryl methyl sites for hydroxylation is 2. The fourth-order valence-corrected chi connectivity index (χ4v) is 3.11. The van der Waals surface area contributed by atoms with Crippen LogP contribution in [-0.2, 0) is 21.8 Å². The first-order chi connectivity index (χ1) is 10.2. The van der Waals surface area contributed by atoms with E-state index >= 15 is 0 Å². The van der Waals surface area contributed by atoms with Crippen molar-refractivity contribution in [2.24, 2.45) is 0 Å². The number of hydrogen-bond acceptors (Lipinski definition) is 4. The van der Waals surface area contributed by atoms with Crippen LogP contribution in [0, 0.1) is 6.92 Å². The van der Waals surface area contributed by atoms with Crippen LogP contribution < -0.4 is 0 Å². The molecule has 0 spiro atoms. The lowest BCUT2D eigenvalue weighted by Gasteiger charge is -2.13. The van der Waals surface area contributed by atoms with Gasteiger partial charge in [0.15, 0.2) is 6.29 Å². The monoisotopic (exact) mass is 306 g/mol. The molecule has 0 unspecified atom stereocenters. The second-order valence-corrected chi connectivity index (χ2v) is 5.80. The van der Waals surface area contributed by atoms with E-state index in [-0.39, 0.29) is 6.29 Å². The smallest absolute Gasteiger partial charge is 0.183 e.